The highest BCUT2D eigenvalue weighted by Crippen LogP contribution is 2.38. The Morgan fingerprint density at radius 1 is 1.60 bits per heavy atom. The van der Waals surface area contributed by atoms with Gasteiger partial charge in [-0.2, -0.15) is 0 Å². The Morgan fingerprint density at radius 2 is 2.30 bits per heavy atom. The van der Waals surface area contributed by atoms with E-state index >= 15 is 0 Å². The maximum atomic E-state index is 12.0. The van der Waals surface area contributed by atoms with Crippen LogP contribution < -0.4 is 4.90 Å². The van der Waals surface area contributed by atoms with Gasteiger partial charge in [-0.25, -0.2) is 0 Å². The number of carbonyl (C=O) groups excluding carboxylic acids is 2. The molecule has 1 aromatic rings. The average molecular weight is 344 g/mol. The molecule has 0 N–H and O–H groups in total. The normalized spacial score (nSPS) is 18.2. The summed E-state index contributed by atoms with van der Waals surface area (Å²) in [6, 6.07) is 0. The number of aromatic nitrogens is 1. The van der Waals surface area contributed by atoms with Gasteiger partial charge in [0.1, 0.15) is 11.9 Å². The first-order chi connectivity index (χ1) is 9.45. The SMILES string of the molecule is COC(=O)C1CC(=O)N(c2c(Br)cncc2[N+](=O)[O-])C1. The van der Waals surface area contributed by atoms with Gasteiger partial charge in [0.25, 0.3) is 0 Å². The third kappa shape index (κ3) is 2.48. The molecule has 106 valence electrons. The molecule has 1 aliphatic heterocycles. The Balaban J connectivity index is 2.40. The Morgan fingerprint density at radius 3 is 2.90 bits per heavy atom. The zero-order valence-electron chi connectivity index (χ0n) is 10.4. The first-order valence-electron chi connectivity index (χ1n) is 5.61. The van der Waals surface area contributed by atoms with E-state index in [2.05, 4.69) is 25.7 Å². The number of anilines is 1. The molecule has 20 heavy (non-hydrogen) atoms. The zero-order valence-corrected chi connectivity index (χ0v) is 12.0. The molecule has 2 heterocycles. The van der Waals surface area contributed by atoms with Crippen LogP contribution in [0.15, 0.2) is 16.9 Å². The Hall–Kier alpha value is -2.03. The molecule has 0 aromatic carbocycles. The standard InChI is InChI=1S/C11H10BrN3O5/c1-20-11(17)6-2-9(16)14(5-6)10-7(12)3-13-4-8(10)15(18)19/h3-4,6H,2,5H2,1H3. The summed E-state index contributed by atoms with van der Waals surface area (Å²) in [5.74, 6) is -1.49. The van der Waals surface area contributed by atoms with Crippen LogP contribution in [0.5, 0.6) is 0 Å². The molecule has 1 atom stereocenters. The van der Waals surface area contributed by atoms with Crippen molar-refractivity contribution in [2.24, 2.45) is 5.92 Å². The number of pyridine rings is 1. The van der Waals surface area contributed by atoms with Crippen molar-refractivity contribution < 1.29 is 19.2 Å². The maximum Gasteiger partial charge on any atom is 0.312 e. The molecule has 1 unspecified atom stereocenters. The Kier molecular flexibility index (Phi) is 3.98. The second kappa shape index (κ2) is 5.53. The lowest BCUT2D eigenvalue weighted by Crippen LogP contribution is -2.27. The predicted octanol–water partition coefficient (Wildman–Crippen LogP) is 1.28. The average Bonchev–Trinajstić information content (AvgIpc) is 2.79. The van der Waals surface area contributed by atoms with Crippen LogP contribution in [-0.4, -0.2) is 35.4 Å². The summed E-state index contributed by atoms with van der Waals surface area (Å²) in [6.07, 6.45) is 2.40. The summed E-state index contributed by atoms with van der Waals surface area (Å²) in [6.45, 7) is 0.0506. The second-order valence-electron chi connectivity index (χ2n) is 4.17. The molecule has 1 fully saturated rings. The number of nitro groups is 1. The summed E-state index contributed by atoms with van der Waals surface area (Å²) < 4.78 is 4.92. The summed E-state index contributed by atoms with van der Waals surface area (Å²) in [4.78, 5) is 38.8. The summed E-state index contributed by atoms with van der Waals surface area (Å²) in [7, 11) is 1.24. The number of carbonyl (C=O) groups is 2. The van der Waals surface area contributed by atoms with Gasteiger partial charge in [-0.15, -0.1) is 0 Å². The molecule has 1 aromatic heterocycles. The van der Waals surface area contributed by atoms with Crippen LogP contribution in [0.3, 0.4) is 0 Å². The fourth-order valence-electron chi connectivity index (χ4n) is 2.07. The van der Waals surface area contributed by atoms with E-state index in [0.29, 0.717) is 4.47 Å². The van der Waals surface area contributed by atoms with Gasteiger partial charge in [-0.3, -0.25) is 24.7 Å². The van der Waals surface area contributed by atoms with Gasteiger partial charge in [-0.05, 0) is 15.9 Å². The topological polar surface area (TPSA) is 103 Å². The highest BCUT2D eigenvalue weighted by atomic mass is 79.9. The molecule has 0 saturated carbocycles. The second-order valence-corrected chi connectivity index (χ2v) is 5.03. The quantitative estimate of drug-likeness (QED) is 0.465. The van der Waals surface area contributed by atoms with Crippen molar-refractivity contribution in [2.75, 3.05) is 18.6 Å². The number of nitrogens with zero attached hydrogens (tertiary/aromatic N) is 3. The number of halogens is 1. The van der Waals surface area contributed by atoms with Crippen LogP contribution in [0.1, 0.15) is 6.42 Å². The van der Waals surface area contributed by atoms with Crippen molar-refractivity contribution in [1.82, 2.24) is 4.98 Å². The van der Waals surface area contributed by atoms with Crippen molar-refractivity contribution >= 4 is 39.2 Å². The molecule has 1 saturated heterocycles. The van der Waals surface area contributed by atoms with Crippen molar-refractivity contribution in [1.29, 1.82) is 0 Å². The fraction of sp³-hybridized carbons (Fsp3) is 0.364. The third-order valence-electron chi connectivity index (χ3n) is 2.98. The minimum atomic E-state index is -0.619. The van der Waals surface area contributed by atoms with Crippen molar-refractivity contribution in [3.05, 3.63) is 27.0 Å². The van der Waals surface area contributed by atoms with Crippen LogP contribution in [-0.2, 0) is 14.3 Å². The van der Waals surface area contributed by atoms with Gasteiger partial charge in [0.2, 0.25) is 5.91 Å². The van der Waals surface area contributed by atoms with E-state index < -0.39 is 16.8 Å². The van der Waals surface area contributed by atoms with E-state index in [0.717, 1.165) is 6.20 Å². The van der Waals surface area contributed by atoms with E-state index in [4.69, 9.17) is 0 Å². The third-order valence-corrected chi connectivity index (χ3v) is 3.56. The minimum Gasteiger partial charge on any atom is -0.469 e. The number of esters is 1. The van der Waals surface area contributed by atoms with E-state index in [1.165, 1.54) is 18.2 Å². The molecule has 0 bridgehead atoms. The number of amides is 1. The lowest BCUT2D eigenvalue weighted by molar-refractivity contribution is -0.384. The van der Waals surface area contributed by atoms with Gasteiger partial charge < -0.3 is 9.64 Å². The summed E-state index contributed by atoms with van der Waals surface area (Å²) >= 11 is 3.15. The molecular formula is C11H10BrN3O5. The molecule has 0 aliphatic carbocycles. The monoisotopic (exact) mass is 343 g/mol. The van der Waals surface area contributed by atoms with E-state index in [9.17, 15) is 19.7 Å². The zero-order chi connectivity index (χ0) is 14.9. The summed E-state index contributed by atoms with van der Waals surface area (Å²) in [5, 5.41) is 11.0. The van der Waals surface area contributed by atoms with Crippen LogP contribution in [0, 0.1) is 16.0 Å². The van der Waals surface area contributed by atoms with Crippen LogP contribution in [0.25, 0.3) is 0 Å². The maximum absolute atomic E-state index is 12.0. The van der Waals surface area contributed by atoms with Crippen LogP contribution >= 0.6 is 15.9 Å². The van der Waals surface area contributed by atoms with Crippen LogP contribution in [0.4, 0.5) is 11.4 Å². The number of rotatable bonds is 3. The van der Waals surface area contributed by atoms with E-state index in [1.807, 2.05) is 0 Å². The highest BCUT2D eigenvalue weighted by molar-refractivity contribution is 9.10. The number of methoxy groups -OCH3 is 1. The number of ether oxygens (including phenoxy) is 1. The van der Waals surface area contributed by atoms with E-state index in [1.54, 1.807) is 0 Å². The van der Waals surface area contributed by atoms with Crippen LogP contribution in [0.2, 0.25) is 0 Å². The summed E-state index contributed by atoms with van der Waals surface area (Å²) in [5.41, 5.74) is -0.181. The molecule has 0 radical (unpaired) electrons. The van der Waals surface area contributed by atoms with Gasteiger partial charge >= 0.3 is 11.7 Å². The highest BCUT2D eigenvalue weighted by Gasteiger charge is 2.39. The molecule has 8 nitrogen and oxygen atoms in total. The number of hydrogen-bond donors (Lipinski definition) is 0. The Bertz CT molecular complexity index is 591. The number of hydrogen-bond acceptors (Lipinski definition) is 6. The Labute approximate surface area is 122 Å². The van der Waals surface area contributed by atoms with Crippen molar-refractivity contribution in [2.45, 2.75) is 6.42 Å². The molecule has 1 amide bonds. The predicted molar refractivity (Wildman–Crippen MR) is 71.1 cm³/mol. The van der Waals surface area contributed by atoms with Gasteiger partial charge in [0.15, 0.2) is 0 Å². The molecule has 2 rings (SSSR count). The largest absolute Gasteiger partial charge is 0.469 e. The van der Waals surface area contributed by atoms with Gasteiger partial charge in [0, 0.05) is 19.2 Å². The van der Waals surface area contributed by atoms with Gasteiger partial charge in [-0.1, -0.05) is 0 Å². The van der Waals surface area contributed by atoms with E-state index in [-0.39, 0.29) is 30.2 Å². The molecule has 9 heteroatoms. The minimum absolute atomic E-state index is 0.0292. The molecule has 0 spiro atoms. The van der Waals surface area contributed by atoms with Gasteiger partial charge in [0.05, 0.1) is 22.4 Å². The molecular weight excluding hydrogens is 334 g/mol. The van der Waals surface area contributed by atoms with Crippen molar-refractivity contribution in [3.8, 4) is 0 Å². The fourth-order valence-corrected chi connectivity index (χ4v) is 2.60. The smallest absolute Gasteiger partial charge is 0.312 e. The molecule has 1 aliphatic rings. The van der Waals surface area contributed by atoms with Crippen molar-refractivity contribution in [3.63, 3.8) is 0 Å². The lowest BCUT2D eigenvalue weighted by atomic mass is 10.1. The lowest BCUT2D eigenvalue weighted by Gasteiger charge is -2.17. The first kappa shape index (κ1) is 14.4. The first-order valence-corrected chi connectivity index (χ1v) is 6.41.